The van der Waals surface area contributed by atoms with E-state index in [0.29, 0.717) is 47.6 Å². The Balaban J connectivity index is 1.66. The van der Waals surface area contributed by atoms with Gasteiger partial charge in [-0.2, -0.15) is 5.26 Å². The van der Waals surface area contributed by atoms with Crippen LogP contribution >= 0.6 is 0 Å². The minimum absolute atomic E-state index is 0.0245. The molecule has 0 bridgehead atoms. The molecule has 1 N–H and O–H groups in total. The number of anilines is 1. The molecule has 12 heteroatoms. The second-order valence-corrected chi connectivity index (χ2v) is 13.3. The molecule has 1 fully saturated rings. The number of piperidine rings is 1. The Morgan fingerprint density at radius 1 is 1.09 bits per heavy atom. The van der Waals surface area contributed by atoms with E-state index in [1.807, 2.05) is 51.1 Å². The van der Waals surface area contributed by atoms with E-state index in [1.165, 1.54) is 18.2 Å². The summed E-state index contributed by atoms with van der Waals surface area (Å²) in [6, 6.07) is 12.6. The first-order valence-electron chi connectivity index (χ1n) is 15.4. The van der Waals surface area contributed by atoms with Crippen LogP contribution in [0, 0.1) is 11.3 Å². The summed E-state index contributed by atoms with van der Waals surface area (Å²) in [4.78, 5) is 51.1. The Labute approximate surface area is 275 Å². The fourth-order valence-corrected chi connectivity index (χ4v) is 5.13. The lowest BCUT2D eigenvalue weighted by molar-refractivity contribution is 0.0185. The zero-order chi connectivity index (χ0) is 34.5. The third-order valence-corrected chi connectivity index (χ3v) is 7.13. The molecular formula is C35H42N6O6. The fourth-order valence-electron chi connectivity index (χ4n) is 5.13. The number of fused-ring (bicyclic) bond motifs is 1. The minimum atomic E-state index is -0.796. The van der Waals surface area contributed by atoms with Crippen LogP contribution in [0.3, 0.4) is 0 Å². The third-order valence-electron chi connectivity index (χ3n) is 7.13. The maximum atomic E-state index is 13.5. The van der Waals surface area contributed by atoms with E-state index < -0.39 is 29.3 Å². The van der Waals surface area contributed by atoms with Crippen molar-refractivity contribution in [3.05, 3.63) is 60.6 Å². The lowest BCUT2D eigenvalue weighted by Gasteiger charge is -2.34. The summed E-state index contributed by atoms with van der Waals surface area (Å²) < 4.78 is 16.9. The summed E-state index contributed by atoms with van der Waals surface area (Å²) in [6.07, 6.45) is 1.84. The number of nitrogens with zero attached hydrogens (tertiary/aromatic N) is 5. The van der Waals surface area contributed by atoms with Crippen molar-refractivity contribution < 1.29 is 28.6 Å². The van der Waals surface area contributed by atoms with Crippen LogP contribution in [-0.4, -0.2) is 76.9 Å². The lowest BCUT2D eigenvalue weighted by atomic mass is 10.0. The molecule has 12 nitrogen and oxygen atoms in total. The van der Waals surface area contributed by atoms with Gasteiger partial charge in [0.25, 0.3) is 5.91 Å². The number of likely N-dealkylation sites (tertiary alicyclic amines) is 1. The highest BCUT2D eigenvalue weighted by Crippen LogP contribution is 2.39. The van der Waals surface area contributed by atoms with E-state index in [9.17, 15) is 19.6 Å². The van der Waals surface area contributed by atoms with Crippen LogP contribution in [-0.2, 0) is 9.47 Å². The van der Waals surface area contributed by atoms with Crippen molar-refractivity contribution in [3.8, 4) is 23.1 Å². The number of benzene rings is 2. The first-order chi connectivity index (χ1) is 22.1. The molecule has 0 radical (unpaired) electrons. The van der Waals surface area contributed by atoms with Crippen molar-refractivity contribution in [1.29, 1.82) is 5.26 Å². The monoisotopic (exact) mass is 642 g/mol. The van der Waals surface area contributed by atoms with Crippen LogP contribution in [0.4, 0.5) is 15.3 Å². The van der Waals surface area contributed by atoms with Gasteiger partial charge in [0.1, 0.15) is 17.0 Å². The summed E-state index contributed by atoms with van der Waals surface area (Å²) in [5, 5.41) is 13.9. The molecule has 3 amide bonds. The summed E-state index contributed by atoms with van der Waals surface area (Å²) >= 11 is 0. The molecule has 0 unspecified atom stereocenters. The number of hydrogen-bond acceptors (Lipinski definition) is 9. The average molecular weight is 643 g/mol. The molecule has 248 valence electrons. The summed E-state index contributed by atoms with van der Waals surface area (Å²) in [7, 11) is 1.50. The van der Waals surface area contributed by atoms with Gasteiger partial charge in [0, 0.05) is 41.9 Å². The first-order valence-corrected chi connectivity index (χ1v) is 15.4. The molecule has 0 saturated carbocycles. The van der Waals surface area contributed by atoms with E-state index in [4.69, 9.17) is 14.2 Å². The third kappa shape index (κ3) is 8.97. The number of ether oxygens (including phenoxy) is 3. The van der Waals surface area contributed by atoms with Crippen molar-refractivity contribution in [1.82, 2.24) is 20.2 Å². The van der Waals surface area contributed by atoms with Gasteiger partial charge >= 0.3 is 12.2 Å². The number of methoxy groups -OCH3 is 1. The van der Waals surface area contributed by atoms with Gasteiger partial charge in [0.15, 0.2) is 0 Å². The van der Waals surface area contributed by atoms with Gasteiger partial charge in [-0.3, -0.25) is 9.69 Å². The summed E-state index contributed by atoms with van der Waals surface area (Å²) in [6.45, 7) is 15.3. The molecule has 0 aliphatic carbocycles. The van der Waals surface area contributed by atoms with E-state index in [1.54, 1.807) is 37.8 Å². The van der Waals surface area contributed by atoms with Gasteiger partial charge in [-0.15, -0.1) is 0 Å². The zero-order valence-electron chi connectivity index (χ0n) is 28.0. The van der Waals surface area contributed by atoms with E-state index >= 15 is 0 Å². The Morgan fingerprint density at radius 2 is 1.79 bits per heavy atom. The van der Waals surface area contributed by atoms with Gasteiger partial charge < -0.3 is 24.4 Å². The predicted octanol–water partition coefficient (Wildman–Crippen LogP) is 6.26. The molecule has 1 saturated heterocycles. The number of carbonyl (C=O) groups is 3. The van der Waals surface area contributed by atoms with Gasteiger partial charge in [0.05, 0.1) is 31.1 Å². The van der Waals surface area contributed by atoms with Crippen molar-refractivity contribution >= 4 is 34.6 Å². The van der Waals surface area contributed by atoms with Gasteiger partial charge in [-0.05, 0) is 78.0 Å². The van der Waals surface area contributed by atoms with Crippen LogP contribution in [0.1, 0.15) is 65.0 Å². The zero-order valence-corrected chi connectivity index (χ0v) is 28.0. The SMILES string of the molecule is C=C(C#N)CN(C(=O)OC(C)(C)C)c1c(OC)ccc2ccc(-c3ccnc(C(=O)N[C@H]4CCCN(C(=O)OC(C)(C)C)C4)n3)cc12. The molecule has 2 heterocycles. The Bertz CT molecular complexity index is 1720. The highest BCUT2D eigenvalue weighted by atomic mass is 16.6. The second-order valence-electron chi connectivity index (χ2n) is 13.3. The molecule has 2 aromatic carbocycles. The number of rotatable bonds is 7. The van der Waals surface area contributed by atoms with Crippen molar-refractivity contribution in [3.63, 3.8) is 0 Å². The van der Waals surface area contributed by atoms with Crippen LogP contribution in [0.15, 0.2) is 54.7 Å². The minimum Gasteiger partial charge on any atom is -0.495 e. The highest BCUT2D eigenvalue weighted by molar-refractivity contribution is 6.06. The average Bonchev–Trinajstić information content (AvgIpc) is 3.01. The largest absolute Gasteiger partial charge is 0.495 e. The number of amides is 3. The van der Waals surface area contributed by atoms with E-state index in [-0.39, 0.29) is 24.0 Å². The van der Waals surface area contributed by atoms with Crippen molar-refractivity contribution in [2.45, 2.75) is 71.6 Å². The topological polar surface area (TPSA) is 147 Å². The maximum Gasteiger partial charge on any atom is 0.415 e. The van der Waals surface area contributed by atoms with Crippen molar-refractivity contribution in [2.24, 2.45) is 0 Å². The number of hydrogen-bond donors (Lipinski definition) is 1. The van der Waals surface area contributed by atoms with Crippen LogP contribution in [0.25, 0.3) is 22.0 Å². The number of aromatic nitrogens is 2. The number of nitriles is 1. The number of carbonyl (C=O) groups excluding carboxylic acids is 3. The molecule has 1 aliphatic heterocycles. The molecule has 1 aromatic heterocycles. The van der Waals surface area contributed by atoms with Gasteiger partial charge in [-0.25, -0.2) is 19.6 Å². The van der Waals surface area contributed by atoms with Gasteiger partial charge in [-0.1, -0.05) is 24.8 Å². The van der Waals surface area contributed by atoms with E-state index in [2.05, 4.69) is 21.9 Å². The highest BCUT2D eigenvalue weighted by Gasteiger charge is 2.30. The van der Waals surface area contributed by atoms with Gasteiger partial charge in [0.2, 0.25) is 5.82 Å². The Kier molecular flexibility index (Phi) is 10.4. The molecule has 0 spiro atoms. The summed E-state index contributed by atoms with van der Waals surface area (Å²) in [5.41, 5.74) is 0.275. The quantitative estimate of drug-likeness (QED) is 0.295. The predicted molar refractivity (Wildman–Crippen MR) is 178 cm³/mol. The first kappa shape index (κ1) is 34.7. The molecule has 1 atom stereocenters. The van der Waals surface area contributed by atoms with Crippen molar-refractivity contribution in [2.75, 3.05) is 31.6 Å². The van der Waals surface area contributed by atoms with Crippen LogP contribution < -0.4 is 15.0 Å². The molecule has 47 heavy (non-hydrogen) atoms. The summed E-state index contributed by atoms with van der Waals surface area (Å²) in [5.74, 6) is -0.0948. The molecular weight excluding hydrogens is 600 g/mol. The molecule has 3 aromatic rings. The Hall–Kier alpha value is -5.18. The Morgan fingerprint density at radius 3 is 2.45 bits per heavy atom. The van der Waals surface area contributed by atoms with Crippen LogP contribution in [0.5, 0.6) is 5.75 Å². The van der Waals surface area contributed by atoms with E-state index in [0.717, 1.165) is 11.8 Å². The van der Waals surface area contributed by atoms with Crippen LogP contribution in [0.2, 0.25) is 0 Å². The molecule has 4 rings (SSSR count). The second kappa shape index (κ2) is 14.1. The standard InChI is InChI=1S/C35H42N6O6/c1-22(19-36)20-41(33(44)47-35(5,6)7)29-26-18-24(12-11-23(26)13-14-28(29)45-8)27-15-16-37-30(39-27)31(42)38-25-10-9-17-40(21-25)32(43)46-34(2,3)4/h11-16,18,25H,1,9-10,17,20-21H2,2-8H3,(H,38,42)/t25-/m0/s1. The fraction of sp³-hybridized carbons (Fsp3) is 0.429. The molecule has 1 aliphatic rings. The lowest BCUT2D eigenvalue weighted by Crippen LogP contribution is -2.50. The normalized spacial score (nSPS) is 14.9. The number of nitrogens with one attached hydrogen (secondary N) is 1. The smallest absolute Gasteiger partial charge is 0.415 e. The maximum absolute atomic E-state index is 13.5.